The molecule has 0 bridgehead atoms. The second-order valence-corrected chi connectivity index (χ2v) is 7.25. The maximum Gasteiger partial charge on any atom is 0.231 e. The van der Waals surface area contributed by atoms with Crippen LogP contribution in [0.25, 0.3) is 0 Å². The molecule has 0 spiro atoms. The highest BCUT2D eigenvalue weighted by molar-refractivity contribution is 5.80. The largest absolute Gasteiger partial charge is 0.454 e. The second-order valence-electron chi connectivity index (χ2n) is 7.25. The molecule has 0 fully saturated rings. The van der Waals surface area contributed by atoms with E-state index in [4.69, 9.17) is 9.47 Å². The zero-order valence-corrected chi connectivity index (χ0v) is 14.4. The Morgan fingerprint density at radius 3 is 2.45 bits per heavy atom. The molecule has 22 heavy (non-hydrogen) atoms. The van der Waals surface area contributed by atoms with Gasteiger partial charge in [0.05, 0.1) is 0 Å². The molecule has 1 aromatic rings. The van der Waals surface area contributed by atoms with Crippen LogP contribution >= 0.6 is 0 Å². The van der Waals surface area contributed by atoms with Gasteiger partial charge in [-0.15, -0.1) is 0 Å². The second kappa shape index (κ2) is 6.07. The number of fused-ring (bicyclic) bond motifs is 1. The first-order chi connectivity index (χ1) is 10.2. The van der Waals surface area contributed by atoms with Crippen LogP contribution in [-0.2, 0) is 5.41 Å². The van der Waals surface area contributed by atoms with Crippen molar-refractivity contribution in [2.75, 3.05) is 20.4 Å². The summed E-state index contributed by atoms with van der Waals surface area (Å²) < 4.78 is 10.8. The molecule has 0 radical (unpaired) electrons. The van der Waals surface area contributed by atoms with Gasteiger partial charge in [-0.3, -0.25) is 4.99 Å². The van der Waals surface area contributed by atoms with Crippen LogP contribution < -0.4 is 20.1 Å². The molecule has 2 rings (SSSR count). The van der Waals surface area contributed by atoms with Crippen molar-refractivity contribution in [1.82, 2.24) is 10.6 Å². The van der Waals surface area contributed by atoms with Crippen LogP contribution in [0, 0.1) is 0 Å². The lowest BCUT2D eigenvalue weighted by atomic mass is 9.84. The summed E-state index contributed by atoms with van der Waals surface area (Å²) in [5, 5.41) is 6.77. The lowest BCUT2D eigenvalue weighted by molar-refractivity contribution is 0.174. The van der Waals surface area contributed by atoms with Gasteiger partial charge in [0, 0.05) is 24.5 Å². The minimum atomic E-state index is -0.0590. The molecule has 1 aromatic carbocycles. The molecule has 1 aliphatic heterocycles. The van der Waals surface area contributed by atoms with Crippen LogP contribution in [0.2, 0.25) is 0 Å². The third-order valence-corrected chi connectivity index (χ3v) is 3.57. The summed E-state index contributed by atoms with van der Waals surface area (Å²) in [5.74, 6) is 2.45. The maximum atomic E-state index is 5.47. The smallest absolute Gasteiger partial charge is 0.231 e. The Bertz CT molecular complexity index is 560. The number of hydrogen-bond donors (Lipinski definition) is 2. The SMILES string of the molecule is CN=C(NCC(C)(C)c1ccc2c(c1)OCO2)NC(C)(C)C. The summed E-state index contributed by atoms with van der Waals surface area (Å²) in [6, 6.07) is 6.13. The summed E-state index contributed by atoms with van der Waals surface area (Å²) in [7, 11) is 1.79. The van der Waals surface area contributed by atoms with Gasteiger partial charge < -0.3 is 20.1 Å². The molecule has 2 N–H and O–H groups in total. The van der Waals surface area contributed by atoms with E-state index in [1.54, 1.807) is 7.05 Å². The minimum Gasteiger partial charge on any atom is -0.454 e. The third-order valence-electron chi connectivity index (χ3n) is 3.57. The minimum absolute atomic E-state index is 0.0231. The molecule has 5 nitrogen and oxygen atoms in total. The van der Waals surface area contributed by atoms with E-state index in [1.165, 1.54) is 5.56 Å². The average molecular weight is 305 g/mol. The van der Waals surface area contributed by atoms with Crippen LogP contribution in [0.3, 0.4) is 0 Å². The highest BCUT2D eigenvalue weighted by Crippen LogP contribution is 2.36. The Morgan fingerprint density at radius 1 is 1.14 bits per heavy atom. The van der Waals surface area contributed by atoms with Crippen LogP contribution in [0.15, 0.2) is 23.2 Å². The summed E-state index contributed by atoms with van der Waals surface area (Å²) in [6.07, 6.45) is 0. The fraction of sp³-hybridized carbons (Fsp3) is 0.588. The lowest BCUT2D eigenvalue weighted by Gasteiger charge is -2.29. The van der Waals surface area contributed by atoms with E-state index in [2.05, 4.69) is 62.4 Å². The molecule has 0 atom stereocenters. The van der Waals surface area contributed by atoms with E-state index in [0.717, 1.165) is 24.0 Å². The van der Waals surface area contributed by atoms with E-state index in [1.807, 2.05) is 6.07 Å². The van der Waals surface area contributed by atoms with Crippen LogP contribution in [0.1, 0.15) is 40.2 Å². The van der Waals surface area contributed by atoms with E-state index >= 15 is 0 Å². The van der Waals surface area contributed by atoms with Crippen molar-refractivity contribution >= 4 is 5.96 Å². The van der Waals surface area contributed by atoms with Gasteiger partial charge in [-0.1, -0.05) is 19.9 Å². The topological polar surface area (TPSA) is 54.9 Å². The molecule has 0 saturated carbocycles. The van der Waals surface area contributed by atoms with Crippen LogP contribution in [-0.4, -0.2) is 31.9 Å². The lowest BCUT2D eigenvalue weighted by Crippen LogP contribution is -2.50. The Hall–Kier alpha value is -1.91. The van der Waals surface area contributed by atoms with Gasteiger partial charge in [-0.05, 0) is 38.5 Å². The fourth-order valence-electron chi connectivity index (χ4n) is 2.26. The number of aliphatic imine (C=N–C) groups is 1. The zero-order valence-electron chi connectivity index (χ0n) is 14.4. The van der Waals surface area contributed by atoms with Gasteiger partial charge in [-0.2, -0.15) is 0 Å². The molecule has 1 heterocycles. The van der Waals surface area contributed by atoms with Crippen molar-refractivity contribution in [3.05, 3.63) is 23.8 Å². The first-order valence-electron chi connectivity index (χ1n) is 7.60. The Labute approximate surface area is 133 Å². The number of rotatable bonds is 3. The molecule has 5 heteroatoms. The highest BCUT2D eigenvalue weighted by Gasteiger charge is 2.24. The molecule has 0 aliphatic carbocycles. The monoisotopic (exact) mass is 305 g/mol. The predicted octanol–water partition coefficient (Wildman–Crippen LogP) is 2.66. The molecule has 0 aromatic heterocycles. The Morgan fingerprint density at radius 2 is 1.82 bits per heavy atom. The Balaban J connectivity index is 2.04. The van der Waals surface area contributed by atoms with E-state index in [0.29, 0.717) is 6.79 Å². The van der Waals surface area contributed by atoms with Gasteiger partial charge in [-0.25, -0.2) is 0 Å². The van der Waals surface area contributed by atoms with Crippen LogP contribution in [0.4, 0.5) is 0 Å². The Kier molecular flexibility index (Phi) is 4.54. The molecular weight excluding hydrogens is 278 g/mol. The summed E-state index contributed by atoms with van der Waals surface area (Å²) in [4.78, 5) is 4.28. The van der Waals surface area contributed by atoms with Gasteiger partial charge in [0.15, 0.2) is 17.5 Å². The highest BCUT2D eigenvalue weighted by atomic mass is 16.7. The van der Waals surface area contributed by atoms with Crippen molar-refractivity contribution < 1.29 is 9.47 Å². The first kappa shape index (κ1) is 16.5. The summed E-state index contributed by atoms with van der Waals surface area (Å²) >= 11 is 0. The van der Waals surface area contributed by atoms with Gasteiger partial charge in [0.2, 0.25) is 6.79 Å². The molecular formula is C17H27N3O2. The summed E-state index contributed by atoms with van der Waals surface area (Å²) in [5.41, 5.74) is 1.12. The van der Waals surface area contributed by atoms with Gasteiger partial charge in [0.25, 0.3) is 0 Å². The standard InChI is InChI=1S/C17H27N3O2/c1-16(2,3)20-15(18-6)19-10-17(4,5)12-7-8-13-14(9-12)22-11-21-13/h7-9H,10-11H2,1-6H3,(H2,18,19,20). The number of ether oxygens (including phenoxy) is 2. The maximum absolute atomic E-state index is 5.47. The predicted molar refractivity (Wildman–Crippen MR) is 89.8 cm³/mol. The average Bonchev–Trinajstić information content (AvgIpc) is 2.89. The van der Waals surface area contributed by atoms with Gasteiger partial charge in [0.1, 0.15) is 0 Å². The zero-order chi connectivity index (χ0) is 16.4. The van der Waals surface area contributed by atoms with Crippen molar-refractivity contribution in [3.8, 4) is 11.5 Å². The number of hydrogen-bond acceptors (Lipinski definition) is 3. The quantitative estimate of drug-likeness (QED) is 0.666. The number of nitrogens with zero attached hydrogens (tertiary/aromatic N) is 1. The normalized spacial score (nSPS) is 14.9. The fourth-order valence-corrected chi connectivity index (χ4v) is 2.26. The molecule has 0 saturated heterocycles. The van der Waals surface area contributed by atoms with Crippen LogP contribution in [0.5, 0.6) is 11.5 Å². The first-order valence-corrected chi connectivity index (χ1v) is 7.60. The van der Waals surface area contributed by atoms with Gasteiger partial charge >= 0.3 is 0 Å². The number of benzene rings is 1. The molecule has 122 valence electrons. The van der Waals surface area contributed by atoms with E-state index in [9.17, 15) is 0 Å². The van der Waals surface area contributed by atoms with Crippen molar-refractivity contribution in [2.45, 2.75) is 45.6 Å². The van der Waals surface area contributed by atoms with E-state index in [-0.39, 0.29) is 11.0 Å². The van der Waals surface area contributed by atoms with Crippen molar-refractivity contribution in [2.24, 2.45) is 4.99 Å². The molecule has 0 unspecified atom stereocenters. The number of guanidine groups is 1. The van der Waals surface area contributed by atoms with E-state index < -0.39 is 0 Å². The van der Waals surface area contributed by atoms with Crippen molar-refractivity contribution in [3.63, 3.8) is 0 Å². The molecule has 0 amide bonds. The molecule has 1 aliphatic rings. The summed E-state index contributed by atoms with van der Waals surface area (Å²) in [6.45, 7) is 11.8. The number of nitrogens with one attached hydrogen (secondary N) is 2. The van der Waals surface area contributed by atoms with Crippen molar-refractivity contribution in [1.29, 1.82) is 0 Å². The third kappa shape index (κ3) is 4.06.